The lowest BCUT2D eigenvalue weighted by Gasteiger charge is -2.37. The first-order chi connectivity index (χ1) is 21.7. The Morgan fingerprint density at radius 3 is 1.96 bits per heavy atom. The quantitative estimate of drug-likeness (QED) is 0.154. The lowest BCUT2D eigenvalue weighted by Crippen LogP contribution is -2.38. The van der Waals surface area contributed by atoms with Gasteiger partial charge in [-0.1, -0.05) is 67.4 Å². The smallest absolute Gasteiger partial charge is 0.471 e. The molecule has 11 heteroatoms. The number of alkyl halides is 3. The van der Waals surface area contributed by atoms with Crippen LogP contribution in [0.5, 0.6) is 11.5 Å². The standard InChI is InChI=1S/C34H40F3NO7/c1-41-27-16-12-25(13-17-27)33(24-10-6-5-7-11-24,26-14-18-28(42-2)19-15-26)44-23-30-29(39)22-31(45-30)43-21-9-4-3-8-20-38-32(40)34(35,36)37/h5-7,10-19,29-31,39H,3-4,8-9,20-23H2,1-2H3,(H,38,40)/t29-,30+,31+/m0/s1. The Hall–Kier alpha value is -3.64. The van der Waals surface area contributed by atoms with Crippen LogP contribution in [-0.4, -0.2) is 69.7 Å². The maximum atomic E-state index is 12.2. The molecule has 244 valence electrons. The minimum atomic E-state index is -4.86. The van der Waals surface area contributed by atoms with Crippen molar-refractivity contribution in [2.24, 2.45) is 0 Å². The number of unbranched alkanes of at least 4 members (excludes halogenated alkanes) is 3. The maximum absolute atomic E-state index is 12.2. The molecule has 0 unspecified atom stereocenters. The van der Waals surface area contributed by atoms with E-state index in [1.807, 2.05) is 84.2 Å². The molecule has 3 atom stereocenters. The van der Waals surface area contributed by atoms with Crippen LogP contribution in [0.1, 0.15) is 48.8 Å². The number of carbonyl (C=O) groups is 1. The van der Waals surface area contributed by atoms with Crippen molar-refractivity contribution in [1.29, 1.82) is 0 Å². The van der Waals surface area contributed by atoms with Gasteiger partial charge in [0.25, 0.3) is 0 Å². The molecule has 1 saturated heterocycles. The van der Waals surface area contributed by atoms with Gasteiger partial charge in [-0.05, 0) is 53.8 Å². The van der Waals surface area contributed by atoms with E-state index in [9.17, 15) is 23.1 Å². The lowest BCUT2D eigenvalue weighted by molar-refractivity contribution is -0.173. The highest BCUT2D eigenvalue weighted by atomic mass is 19.4. The molecule has 1 heterocycles. The maximum Gasteiger partial charge on any atom is 0.471 e. The van der Waals surface area contributed by atoms with Gasteiger partial charge in [-0.3, -0.25) is 4.79 Å². The first-order valence-corrected chi connectivity index (χ1v) is 15.0. The zero-order valence-corrected chi connectivity index (χ0v) is 25.4. The molecule has 0 bridgehead atoms. The first kappa shape index (κ1) is 34.2. The average molecular weight is 632 g/mol. The number of nitrogens with one attached hydrogen (secondary N) is 1. The van der Waals surface area contributed by atoms with Crippen molar-refractivity contribution >= 4 is 5.91 Å². The van der Waals surface area contributed by atoms with Crippen LogP contribution in [0.2, 0.25) is 0 Å². The topological polar surface area (TPSA) is 95.5 Å². The predicted molar refractivity (Wildman–Crippen MR) is 161 cm³/mol. The molecule has 0 radical (unpaired) electrons. The molecule has 8 nitrogen and oxygen atoms in total. The number of ether oxygens (including phenoxy) is 5. The minimum absolute atomic E-state index is 0.0314. The third kappa shape index (κ3) is 8.97. The molecule has 0 aliphatic carbocycles. The third-order valence-corrected chi connectivity index (χ3v) is 7.75. The van der Waals surface area contributed by atoms with E-state index in [-0.39, 0.29) is 19.6 Å². The fraction of sp³-hybridized carbons (Fsp3) is 0.441. The summed E-state index contributed by atoms with van der Waals surface area (Å²) in [5.41, 5.74) is 1.55. The second kappa shape index (κ2) is 16.1. The zero-order chi connectivity index (χ0) is 32.3. The van der Waals surface area contributed by atoms with Crippen molar-refractivity contribution in [3.8, 4) is 11.5 Å². The molecule has 3 aromatic rings. The Kier molecular flexibility index (Phi) is 12.2. The number of hydrogen-bond acceptors (Lipinski definition) is 7. The number of amides is 1. The van der Waals surface area contributed by atoms with Crippen LogP contribution >= 0.6 is 0 Å². The number of aliphatic hydroxyl groups excluding tert-OH is 1. The number of benzene rings is 3. The largest absolute Gasteiger partial charge is 0.497 e. The normalized spacial score (nSPS) is 18.5. The van der Waals surface area contributed by atoms with Gasteiger partial charge in [-0.25, -0.2) is 0 Å². The van der Waals surface area contributed by atoms with Gasteiger partial charge in [0.05, 0.1) is 26.9 Å². The van der Waals surface area contributed by atoms with Gasteiger partial charge in [-0.15, -0.1) is 0 Å². The predicted octanol–water partition coefficient (Wildman–Crippen LogP) is 5.74. The van der Waals surface area contributed by atoms with E-state index in [1.54, 1.807) is 14.2 Å². The summed E-state index contributed by atoms with van der Waals surface area (Å²) in [4.78, 5) is 10.9. The van der Waals surface area contributed by atoms with Crippen molar-refractivity contribution in [3.05, 3.63) is 95.6 Å². The number of halogens is 3. The van der Waals surface area contributed by atoms with Gasteiger partial charge in [0.15, 0.2) is 6.29 Å². The Balaban J connectivity index is 1.39. The highest BCUT2D eigenvalue weighted by Gasteiger charge is 2.42. The summed E-state index contributed by atoms with van der Waals surface area (Å²) < 4.78 is 66.3. The van der Waals surface area contributed by atoms with E-state index >= 15 is 0 Å². The van der Waals surface area contributed by atoms with Crippen LogP contribution < -0.4 is 14.8 Å². The minimum Gasteiger partial charge on any atom is -0.497 e. The highest BCUT2D eigenvalue weighted by Crippen LogP contribution is 2.42. The second-order valence-electron chi connectivity index (χ2n) is 10.8. The number of aliphatic hydroxyl groups is 1. The summed E-state index contributed by atoms with van der Waals surface area (Å²) in [6, 6.07) is 25.2. The SMILES string of the molecule is COc1ccc(C(OC[C@H]2O[C@@H](OCCCCCCNC(=O)C(F)(F)F)C[C@@H]2O)(c2ccccc2)c2ccc(OC)cc2)cc1. The van der Waals surface area contributed by atoms with E-state index in [0.717, 1.165) is 16.7 Å². The Morgan fingerprint density at radius 1 is 0.844 bits per heavy atom. The van der Waals surface area contributed by atoms with Crippen molar-refractivity contribution in [2.45, 2.75) is 62.4 Å². The molecule has 1 amide bonds. The molecule has 0 saturated carbocycles. The summed E-state index contributed by atoms with van der Waals surface area (Å²) >= 11 is 0. The number of carbonyl (C=O) groups excluding carboxylic acids is 1. The van der Waals surface area contributed by atoms with Crippen LogP contribution in [0.25, 0.3) is 0 Å². The van der Waals surface area contributed by atoms with Crippen LogP contribution in [0.15, 0.2) is 78.9 Å². The molecular weight excluding hydrogens is 591 g/mol. The Labute approximate surface area is 261 Å². The number of methoxy groups -OCH3 is 2. The van der Waals surface area contributed by atoms with Crippen LogP contribution in [0, 0.1) is 0 Å². The highest BCUT2D eigenvalue weighted by molar-refractivity contribution is 5.81. The van der Waals surface area contributed by atoms with E-state index in [2.05, 4.69) is 0 Å². The molecule has 2 N–H and O–H groups in total. The summed E-state index contributed by atoms with van der Waals surface area (Å²) in [5, 5.41) is 12.7. The van der Waals surface area contributed by atoms with Gasteiger partial charge in [-0.2, -0.15) is 13.2 Å². The number of hydrogen-bond donors (Lipinski definition) is 2. The second-order valence-corrected chi connectivity index (χ2v) is 10.8. The summed E-state index contributed by atoms with van der Waals surface area (Å²) in [6.07, 6.45) is -4.20. The van der Waals surface area contributed by atoms with Crippen LogP contribution in [0.4, 0.5) is 13.2 Å². The molecule has 1 aliphatic heterocycles. The van der Waals surface area contributed by atoms with Crippen molar-refractivity contribution < 1.29 is 46.8 Å². The fourth-order valence-electron chi connectivity index (χ4n) is 5.33. The third-order valence-electron chi connectivity index (χ3n) is 7.75. The molecule has 45 heavy (non-hydrogen) atoms. The lowest BCUT2D eigenvalue weighted by atomic mass is 9.80. The monoisotopic (exact) mass is 631 g/mol. The van der Waals surface area contributed by atoms with Gasteiger partial charge in [0, 0.05) is 19.6 Å². The van der Waals surface area contributed by atoms with Gasteiger partial charge in [0.2, 0.25) is 0 Å². The van der Waals surface area contributed by atoms with Crippen molar-refractivity contribution in [1.82, 2.24) is 5.32 Å². The van der Waals surface area contributed by atoms with Gasteiger partial charge >= 0.3 is 12.1 Å². The average Bonchev–Trinajstić information content (AvgIpc) is 3.41. The van der Waals surface area contributed by atoms with Crippen LogP contribution in [0.3, 0.4) is 0 Å². The Morgan fingerprint density at radius 2 is 1.40 bits per heavy atom. The van der Waals surface area contributed by atoms with Gasteiger partial charge < -0.3 is 34.1 Å². The molecular formula is C34H40F3NO7. The summed E-state index contributed by atoms with van der Waals surface area (Å²) in [5.74, 6) is -0.508. The fourth-order valence-corrected chi connectivity index (χ4v) is 5.33. The molecule has 0 aromatic heterocycles. The molecule has 0 spiro atoms. The molecule has 4 rings (SSSR count). The van der Waals surface area contributed by atoms with E-state index in [4.69, 9.17) is 23.7 Å². The molecule has 1 aliphatic rings. The van der Waals surface area contributed by atoms with Gasteiger partial charge in [0.1, 0.15) is 23.2 Å². The van der Waals surface area contributed by atoms with Crippen molar-refractivity contribution in [3.63, 3.8) is 0 Å². The number of rotatable bonds is 16. The summed E-state index contributed by atoms with van der Waals surface area (Å²) in [6.45, 7) is 0.402. The Bertz CT molecular complexity index is 1270. The van der Waals surface area contributed by atoms with Crippen LogP contribution in [-0.2, 0) is 24.6 Å². The molecule has 1 fully saturated rings. The van der Waals surface area contributed by atoms with E-state index in [0.29, 0.717) is 43.8 Å². The van der Waals surface area contributed by atoms with E-state index < -0.39 is 36.2 Å². The zero-order valence-electron chi connectivity index (χ0n) is 25.4. The first-order valence-electron chi connectivity index (χ1n) is 15.0. The summed E-state index contributed by atoms with van der Waals surface area (Å²) in [7, 11) is 3.22. The molecule has 3 aromatic carbocycles. The van der Waals surface area contributed by atoms with Crippen molar-refractivity contribution in [2.75, 3.05) is 34.0 Å². The van der Waals surface area contributed by atoms with E-state index in [1.165, 1.54) is 0 Å².